The third-order valence-corrected chi connectivity index (χ3v) is 67.3. The molecule has 4 aliphatic carbocycles. The monoisotopic (exact) mass is 680 g/mol. The van der Waals surface area contributed by atoms with E-state index in [2.05, 4.69) is 0 Å². The molecule has 0 N–H and O–H groups in total. The molecule has 0 nitrogen and oxygen atoms in total. The van der Waals surface area contributed by atoms with E-state index < -0.39 is 2.50 Å². The standard InChI is InChI=1S/C24H44Se4Si/c1-5-13-21(14-6-1)25-29(26-22-15-7-2-8-16-22,27-23-17-9-3-10-18-23)28-24-19-11-4-12-20-24/h21-24H,1-20H2. The van der Waals surface area contributed by atoms with Crippen LogP contribution in [-0.4, -0.2) is 59.8 Å². The van der Waals surface area contributed by atoms with Crippen molar-refractivity contribution in [3.8, 4) is 0 Å². The molecular weight excluding hydrogens is 632 g/mol. The summed E-state index contributed by atoms with van der Waals surface area (Å²) in [6.45, 7) is 0. The van der Waals surface area contributed by atoms with E-state index >= 15 is 0 Å². The van der Waals surface area contributed by atoms with Gasteiger partial charge in [-0.1, -0.05) is 0 Å². The predicted octanol–water partition coefficient (Wildman–Crippen LogP) is 7.25. The minimum absolute atomic E-state index is 0.895. The van der Waals surface area contributed by atoms with Gasteiger partial charge in [-0.25, -0.2) is 0 Å². The van der Waals surface area contributed by atoms with Crippen LogP contribution >= 0.6 is 0 Å². The van der Waals surface area contributed by atoms with E-state index in [0.717, 1.165) is 57.3 Å². The van der Waals surface area contributed by atoms with Crippen molar-refractivity contribution < 1.29 is 0 Å². The zero-order valence-corrected chi connectivity index (χ0v) is 26.4. The summed E-state index contributed by atoms with van der Waals surface area (Å²) in [4.78, 5) is 5.02. The van der Waals surface area contributed by atoms with Gasteiger partial charge in [-0.2, -0.15) is 0 Å². The first-order chi connectivity index (χ1) is 14.3. The topological polar surface area (TPSA) is 0 Å². The third kappa shape index (κ3) is 8.23. The fourth-order valence-electron chi connectivity index (χ4n) is 5.72. The van der Waals surface area contributed by atoms with E-state index in [-0.39, 0.29) is 0 Å². The fraction of sp³-hybridized carbons (Fsp3) is 1.00. The van der Waals surface area contributed by atoms with E-state index in [1.807, 2.05) is 0 Å². The Kier molecular flexibility index (Phi) is 11.2. The van der Waals surface area contributed by atoms with E-state index in [1.54, 1.807) is 128 Å². The Bertz CT molecular complexity index is 364. The SMILES string of the molecule is C1CCC([Se][Si]([Se]C2CCCCC2)([Se]C2CCCCC2)[Se]C2CCCCC2)CC1. The molecule has 0 unspecified atom stereocenters. The van der Waals surface area contributed by atoms with Gasteiger partial charge in [0.25, 0.3) is 0 Å². The molecule has 0 aromatic carbocycles. The van der Waals surface area contributed by atoms with Crippen LogP contribution in [0, 0.1) is 0 Å². The Hall–Kier alpha value is 2.29. The van der Waals surface area contributed by atoms with Gasteiger partial charge in [-0.15, -0.1) is 0 Å². The second kappa shape index (κ2) is 13.3. The normalized spacial score (nSPS) is 27.3. The molecule has 0 amide bonds. The van der Waals surface area contributed by atoms with Crippen molar-refractivity contribution in [1.29, 1.82) is 0 Å². The van der Waals surface area contributed by atoms with Crippen LogP contribution in [0.1, 0.15) is 128 Å². The molecule has 0 spiro atoms. The summed E-state index contributed by atoms with van der Waals surface area (Å²) in [6, 6.07) is 0. The van der Waals surface area contributed by atoms with Crippen molar-refractivity contribution in [1.82, 2.24) is 0 Å². The first-order valence-electron chi connectivity index (χ1n) is 13.0. The molecular formula is C24H44Se4Si. The average molecular weight is 677 g/mol. The molecule has 5 heteroatoms. The van der Waals surface area contributed by atoms with Crippen LogP contribution in [0.25, 0.3) is 0 Å². The summed E-state index contributed by atoms with van der Waals surface area (Å²) in [7, 11) is 0. The first kappa shape index (κ1) is 24.4. The van der Waals surface area contributed by atoms with Gasteiger partial charge < -0.3 is 0 Å². The van der Waals surface area contributed by atoms with Gasteiger partial charge in [0.1, 0.15) is 0 Å². The predicted molar refractivity (Wildman–Crippen MR) is 136 cm³/mol. The van der Waals surface area contributed by atoms with Crippen LogP contribution in [0.5, 0.6) is 0 Å². The van der Waals surface area contributed by atoms with Crippen LogP contribution in [0.15, 0.2) is 0 Å². The van der Waals surface area contributed by atoms with Crippen molar-refractivity contribution in [3.05, 3.63) is 0 Å². The number of rotatable bonds is 8. The molecule has 0 aromatic rings. The summed E-state index contributed by atoms with van der Waals surface area (Å²) >= 11 is 4.55. The van der Waals surface area contributed by atoms with Gasteiger partial charge in [0, 0.05) is 0 Å². The zero-order chi connectivity index (χ0) is 19.8. The fourth-order valence-corrected chi connectivity index (χ4v) is 94.0. The Labute approximate surface area is 205 Å². The Morgan fingerprint density at radius 1 is 0.310 bits per heavy atom. The van der Waals surface area contributed by atoms with Gasteiger partial charge in [-0.05, 0) is 0 Å². The van der Waals surface area contributed by atoms with E-state index in [9.17, 15) is 0 Å². The molecule has 0 aromatic heterocycles. The zero-order valence-electron chi connectivity index (χ0n) is 18.6. The van der Waals surface area contributed by atoms with Crippen LogP contribution in [0.4, 0.5) is 0 Å². The van der Waals surface area contributed by atoms with Crippen molar-refractivity contribution >= 4 is 59.8 Å². The van der Waals surface area contributed by atoms with Crippen LogP contribution in [0.2, 0.25) is 19.3 Å². The maximum atomic E-state index is 1.66. The van der Waals surface area contributed by atoms with Gasteiger partial charge in [0.2, 0.25) is 0 Å². The van der Waals surface area contributed by atoms with Gasteiger partial charge >= 0.3 is 207 Å². The maximum absolute atomic E-state index is 1.66. The molecule has 0 radical (unpaired) electrons. The van der Waals surface area contributed by atoms with Crippen LogP contribution in [-0.2, 0) is 0 Å². The second-order valence-electron chi connectivity index (χ2n) is 10.0. The Morgan fingerprint density at radius 2 is 0.517 bits per heavy atom. The van der Waals surface area contributed by atoms with Crippen molar-refractivity contribution in [3.63, 3.8) is 0 Å². The number of hydrogen-bond acceptors (Lipinski definition) is 0. The summed E-state index contributed by atoms with van der Waals surface area (Å²) in [5.41, 5.74) is 0. The number of hydrogen-bond donors (Lipinski definition) is 0. The van der Waals surface area contributed by atoms with E-state index in [1.165, 1.54) is 19.3 Å². The molecule has 0 heterocycles. The second-order valence-corrected chi connectivity index (χ2v) is 62.5. The molecule has 168 valence electrons. The summed E-state index contributed by atoms with van der Waals surface area (Å²) in [6.07, 6.45) is 32.4. The molecule has 29 heavy (non-hydrogen) atoms. The molecule has 0 aliphatic heterocycles. The van der Waals surface area contributed by atoms with Crippen molar-refractivity contribution in [2.45, 2.75) is 148 Å². The molecule has 0 atom stereocenters. The van der Waals surface area contributed by atoms with Gasteiger partial charge in [0.05, 0.1) is 0 Å². The summed E-state index contributed by atoms with van der Waals surface area (Å²) < 4.78 is -0.895. The van der Waals surface area contributed by atoms with Crippen LogP contribution < -0.4 is 0 Å². The van der Waals surface area contributed by atoms with Gasteiger partial charge in [-0.3, -0.25) is 0 Å². The summed E-state index contributed by atoms with van der Waals surface area (Å²) in [5, 5.41) is 0. The van der Waals surface area contributed by atoms with Crippen molar-refractivity contribution in [2.75, 3.05) is 0 Å². The Morgan fingerprint density at radius 3 is 0.724 bits per heavy atom. The average Bonchev–Trinajstić information content (AvgIpc) is 2.76. The van der Waals surface area contributed by atoms with Crippen LogP contribution in [0.3, 0.4) is 0 Å². The molecule has 4 saturated carbocycles. The molecule has 4 aliphatic rings. The molecule has 0 saturated heterocycles. The first-order valence-corrected chi connectivity index (χ1v) is 28.9. The third-order valence-electron chi connectivity index (χ3n) is 7.45. The molecule has 0 bridgehead atoms. The van der Waals surface area contributed by atoms with E-state index in [4.69, 9.17) is 0 Å². The quantitative estimate of drug-likeness (QED) is 0.238. The minimum atomic E-state index is -0.895. The Balaban J connectivity index is 1.51. The molecule has 4 fully saturated rings. The van der Waals surface area contributed by atoms with Gasteiger partial charge in [0.15, 0.2) is 0 Å². The summed E-state index contributed by atoms with van der Waals surface area (Å²) in [5.74, 6) is 0. The molecule has 4 rings (SSSR count). The van der Waals surface area contributed by atoms with Crippen molar-refractivity contribution in [2.24, 2.45) is 0 Å². The van der Waals surface area contributed by atoms with E-state index in [0.29, 0.717) is 0 Å².